The molecule has 1 heterocycles. The number of hydrogen-bond donors (Lipinski definition) is 3. The smallest absolute Gasteiger partial charge is 0.269 e. The summed E-state index contributed by atoms with van der Waals surface area (Å²) in [4.78, 5) is 35.7. The van der Waals surface area contributed by atoms with E-state index in [2.05, 4.69) is 10.9 Å². The normalized spacial score (nSPS) is 17.0. The molecule has 0 aliphatic carbocycles. The molecule has 1 aliphatic heterocycles. The zero-order chi connectivity index (χ0) is 18.0. The van der Waals surface area contributed by atoms with Crippen LogP contribution in [0.2, 0.25) is 0 Å². The van der Waals surface area contributed by atoms with Gasteiger partial charge in [0.1, 0.15) is 11.8 Å². The number of amides is 2. The Balaban J connectivity index is 1.66. The molecule has 0 unspecified atom stereocenters. The average molecular weight is 342 g/mol. The molecule has 25 heavy (non-hydrogen) atoms. The van der Waals surface area contributed by atoms with Crippen molar-refractivity contribution >= 4 is 28.9 Å². The summed E-state index contributed by atoms with van der Waals surface area (Å²) >= 11 is 0. The molecule has 1 fully saturated rings. The van der Waals surface area contributed by atoms with Crippen molar-refractivity contribution in [3.05, 3.63) is 58.6 Å². The number of carbonyl (C=O) groups excluding carboxylic acids is 2. The number of phenols is 1. The van der Waals surface area contributed by atoms with Gasteiger partial charge in [0, 0.05) is 17.8 Å². The van der Waals surface area contributed by atoms with E-state index >= 15 is 0 Å². The lowest BCUT2D eigenvalue weighted by molar-refractivity contribution is -0.384. The first-order valence-electron chi connectivity index (χ1n) is 7.37. The van der Waals surface area contributed by atoms with Gasteiger partial charge in [-0.15, -0.1) is 0 Å². The SMILES string of the molecule is O=C1C[C@H](NNc2ccc([N+](=O)[O-])cc2)C(=O)N1c1ccc(O)cc1. The molecule has 0 bridgehead atoms. The fourth-order valence-electron chi connectivity index (χ4n) is 2.45. The molecule has 9 nitrogen and oxygen atoms in total. The van der Waals surface area contributed by atoms with Gasteiger partial charge < -0.3 is 10.5 Å². The number of nitrogens with one attached hydrogen (secondary N) is 2. The summed E-state index contributed by atoms with van der Waals surface area (Å²) in [6.45, 7) is 0. The quantitative estimate of drug-likeness (QED) is 0.428. The molecule has 9 heteroatoms. The number of hydrogen-bond acceptors (Lipinski definition) is 7. The third-order valence-corrected chi connectivity index (χ3v) is 3.72. The number of nitro benzene ring substituents is 1. The van der Waals surface area contributed by atoms with Crippen molar-refractivity contribution in [1.82, 2.24) is 5.43 Å². The highest BCUT2D eigenvalue weighted by Crippen LogP contribution is 2.25. The number of rotatable bonds is 5. The van der Waals surface area contributed by atoms with Crippen molar-refractivity contribution in [3.63, 3.8) is 0 Å². The molecule has 2 aromatic rings. The molecule has 3 N–H and O–H groups in total. The van der Waals surface area contributed by atoms with E-state index in [9.17, 15) is 24.8 Å². The Morgan fingerprint density at radius 2 is 1.72 bits per heavy atom. The van der Waals surface area contributed by atoms with E-state index in [0.717, 1.165) is 4.90 Å². The van der Waals surface area contributed by atoms with Crippen LogP contribution in [0.4, 0.5) is 17.1 Å². The number of carbonyl (C=O) groups is 2. The fourth-order valence-corrected chi connectivity index (χ4v) is 2.45. The minimum Gasteiger partial charge on any atom is -0.508 e. The van der Waals surface area contributed by atoms with Crippen molar-refractivity contribution < 1.29 is 19.6 Å². The van der Waals surface area contributed by atoms with Crippen molar-refractivity contribution in [2.24, 2.45) is 0 Å². The highest BCUT2D eigenvalue weighted by atomic mass is 16.6. The summed E-state index contributed by atoms with van der Waals surface area (Å²) in [5.41, 5.74) is 6.39. The number of hydrazine groups is 1. The molecule has 0 saturated carbocycles. The second-order valence-electron chi connectivity index (χ2n) is 5.41. The van der Waals surface area contributed by atoms with Crippen LogP contribution in [0, 0.1) is 10.1 Å². The fraction of sp³-hybridized carbons (Fsp3) is 0.125. The van der Waals surface area contributed by atoms with E-state index in [-0.39, 0.29) is 23.8 Å². The van der Waals surface area contributed by atoms with Crippen LogP contribution in [0.5, 0.6) is 5.75 Å². The van der Waals surface area contributed by atoms with Gasteiger partial charge >= 0.3 is 0 Å². The molecule has 128 valence electrons. The minimum absolute atomic E-state index is 0.0281. The van der Waals surface area contributed by atoms with Gasteiger partial charge in [0.25, 0.3) is 11.6 Å². The summed E-state index contributed by atoms with van der Waals surface area (Å²) in [5, 5.41) is 19.9. The molecule has 1 atom stereocenters. The number of imide groups is 1. The van der Waals surface area contributed by atoms with Crippen LogP contribution in [0.25, 0.3) is 0 Å². The number of benzene rings is 2. The lowest BCUT2D eigenvalue weighted by atomic mass is 10.2. The van der Waals surface area contributed by atoms with E-state index in [1.165, 1.54) is 48.5 Å². The molecule has 0 spiro atoms. The van der Waals surface area contributed by atoms with Crippen LogP contribution in [-0.4, -0.2) is 27.9 Å². The van der Waals surface area contributed by atoms with Crippen LogP contribution >= 0.6 is 0 Å². The Labute approximate surface area is 142 Å². The van der Waals surface area contributed by atoms with Gasteiger partial charge in [0.05, 0.1) is 17.0 Å². The Morgan fingerprint density at radius 3 is 2.32 bits per heavy atom. The van der Waals surface area contributed by atoms with Gasteiger partial charge in [0.2, 0.25) is 5.91 Å². The number of nitro groups is 1. The minimum atomic E-state index is -0.767. The molecule has 0 radical (unpaired) electrons. The molecule has 0 aromatic heterocycles. The summed E-state index contributed by atoms with van der Waals surface area (Å²) in [5.74, 6) is -0.749. The van der Waals surface area contributed by atoms with Crippen LogP contribution < -0.4 is 15.8 Å². The van der Waals surface area contributed by atoms with E-state index < -0.39 is 16.9 Å². The topological polar surface area (TPSA) is 125 Å². The lowest BCUT2D eigenvalue weighted by Gasteiger charge is -2.16. The molecule has 2 aromatic carbocycles. The zero-order valence-corrected chi connectivity index (χ0v) is 12.9. The van der Waals surface area contributed by atoms with E-state index in [1.54, 1.807) is 0 Å². The van der Waals surface area contributed by atoms with Crippen molar-refractivity contribution in [2.45, 2.75) is 12.5 Å². The molecule has 1 saturated heterocycles. The van der Waals surface area contributed by atoms with Crippen LogP contribution in [0.15, 0.2) is 48.5 Å². The maximum atomic E-state index is 12.4. The predicted molar refractivity (Wildman–Crippen MR) is 88.9 cm³/mol. The Morgan fingerprint density at radius 1 is 1.08 bits per heavy atom. The highest BCUT2D eigenvalue weighted by molar-refractivity contribution is 6.22. The zero-order valence-electron chi connectivity index (χ0n) is 12.9. The molecular formula is C16H14N4O5. The number of aromatic hydroxyl groups is 1. The van der Waals surface area contributed by atoms with E-state index in [0.29, 0.717) is 11.4 Å². The van der Waals surface area contributed by atoms with E-state index in [4.69, 9.17) is 0 Å². The summed E-state index contributed by atoms with van der Waals surface area (Å²) < 4.78 is 0. The van der Waals surface area contributed by atoms with Crippen molar-refractivity contribution in [1.29, 1.82) is 0 Å². The van der Waals surface area contributed by atoms with Gasteiger partial charge in [-0.1, -0.05) is 0 Å². The highest BCUT2D eigenvalue weighted by Gasteiger charge is 2.39. The van der Waals surface area contributed by atoms with Crippen molar-refractivity contribution in [2.75, 3.05) is 10.3 Å². The Hall–Kier alpha value is -3.46. The lowest BCUT2D eigenvalue weighted by Crippen LogP contribution is -2.41. The van der Waals surface area contributed by atoms with Gasteiger partial charge in [-0.05, 0) is 36.4 Å². The number of phenolic OH excluding ortho intramolecular Hbond substituents is 1. The van der Waals surface area contributed by atoms with Crippen LogP contribution in [-0.2, 0) is 9.59 Å². The predicted octanol–water partition coefficient (Wildman–Crippen LogP) is 1.55. The van der Waals surface area contributed by atoms with Gasteiger partial charge in [-0.3, -0.25) is 19.7 Å². The van der Waals surface area contributed by atoms with Gasteiger partial charge in [0.15, 0.2) is 0 Å². The monoisotopic (exact) mass is 342 g/mol. The first kappa shape index (κ1) is 16.4. The van der Waals surface area contributed by atoms with Crippen LogP contribution in [0.1, 0.15) is 6.42 Å². The maximum Gasteiger partial charge on any atom is 0.269 e. The average Bonchev–Trinajstić information content (AvgIpc) is 2.88. The van der Waals surface area contributed by atoms with E-state index in [1.807, 2.05) is 0 Å². The molecule has 3 rings (SSSR count). The number of anilines is 2. The van der Waals surface area contributed by atoms with Gasteiger partial charge in [-0.25, -0.2) is 10.3 Å². The van der Waals surface area contributed by atoms with Crippen LogP contribution in [0.3, 0.4) is 0 Å². The maximum absolute atomic E-state index is 12.4. The third kappa shape index (κ3) is 3.40. The summed E-state index contributed by atoms with van der Waals surface area (Å²) in [6, 6.07) is 10.6. The largest absolute Gasteiger partial charge is 0.508 e. The first-order valence-corrected chi connectivity index (χ1v) is 7.37. The van der Waals surface area contributed by atoms with Gasteiger partial charge in [-0.2, -0.15) is 0 Å². The number of non-ortho nitro benzene ring substituents is 1. The Kier molecular flexibility index (Phi) is 4.31. The summed E-state index contributed by atoms with van der Waals surface area (Å²) in [6.07, 6.45) is -0.0281. The Bertz CT molecular complexity index is 819. The standard InChI is InChI=1S/C16H14N4O5/c21-13-7-5-11(6-8-13)19-15(22)9-14(16(19)23)18-17-10-1-3-12(4-2-10)20(24)25/h1-8,14,17-18,21H,9H2/t14-/m0/s1. The molecule has 2 amide bonds. The second-order valence-corrected chi connectivity index (χ2v) is 5.41. The molecular weight excluding hydrogens is 328 g/mol. The molecule has 1 aliphatic rings. The number of nitrogens with zero attached hydrogens (tertiary/aromatic N) is 2. The first-order chi connectivity index (χ1) is 12.0. The summed E-state index contributed by atoms with van der Waals surface area (Å²) in [7, 11) is 0. The van der Waals surface area contributed by atoms with Crippen molar-refractivity contribution in [3.8, 4) is 5.75 Å². The second kappa shape index (κ2) is 6.57. The third-order valence-electron chi connectivity index (χ3n) is 3.72.